The van der Waals surface area contributed by atoms with Gasteiger partial charge < -0.3 is 20.3 Å². The summed E-state index contributed by atoms with van der Waals surface area (Å²) in [6.07, 6.45) is -4.09. The number of amides is 3. The lowest BCUT2D eigenvalue weighted by Crippen LogP contribution is -2.43. The van der Waals surface area contributed by atoms with Crippen LogP contribution < -0.4 is 10.6 Å². The highest BCUT2D eigenvalue weighted by Crippen LogP contribution is 2.29. The second kappa shape index (κ2) is 12.0. The molecule has 10 heteroatoms. The summed E-state index contributed by atoms with van der Waals surface area (Å²) in [7, 11) is 1.49. The van der Waals surface area contributed by atoms with E-state index in [4.69, 9.17) is 4.74 Å². The predicted molar refractivity (Wildman–Crippen MR) is 117 cm³/mol. The molecule has 0 aliphatic heterocycles. The van der Waals surface area contributed by atoms with Crippen molar-refractivity contribution in [3.05, 3.63) is 65.2 Å². The van der Waals surface area contributed by atoms with Crippen molar-refractivity contribution in [2.24, 2.45) is 0 Å². The van der Waals surface area contributed by atoms with Gasteiger partial charge in [-0.25, -0.2) is 0 Å². The Kier molecular flexibility index (Phi) is 9.41. The predicted octanol–water partition coefficient (Wildman–Crippen LogP) is 3.25. The molecule has 0 radical (unpaired) electrons. The van der Waals surface area contributed by atoms with Crippen LogP contribution in [0.15, 0.2) is 48.5 Å². The van der Waals surface area contributed by atoms with E-state index in [1.165, 1.54) is 12.0 Å². The van der Waals surface area contributed by atoms with Gasteiger partial charge in [0.15, 0.2) is 0 Å². The van der Waals surface area contributed by atoms with Crippen LogP contribution in [0.5, 0.6) is 0 Å². The Bertz CT molecular complexity index is 945. The lowest BCUT2D eigenvalue weighted by Gasteiger charge is -2.22. The number of anilines is 1. The van der Waals surface area contributed by atoms with Gasteiger partial charge in [-0.15, -0.1) is 0 Å². The number of nitrogens with one attached hydrogen (secondary N) is 2. The maximum atomic E-state index is 12.8. The second-order valence-electron chi connectivity index (χ2n) is 7.34. The number of carbonyl (C=O) groups excluding carboxylic acids is 3. The molecule has 0 atom stereocenters. The van der Waals surface area contributed by atoms with Crippen molar-refractivity contribution >= 4 is 23.4 Å². The number of carbonyl (C=O) groups is 3. The molecule has 2 rings (SSSR count). The van der Waals surface area contributed by atoms with E-state index in [9.17, 15) is 27.6 Å². The minimum absolute atomic E-state index is 0.0188. The molecule has 7 nitrogen and oxygen atoms in total. The first-order chi connectivity index (χ1) is 15.6. The lowest BCUT2D eigenvalue weighted by molar-refractivity contribution is -0.137. The Hall–Kier alpha value is -3.40. The zero-order valence-electron chi connectivity index (χ0n) is 18.4. The average Bonchev–Trinajstić information content (AvgIpc) is 2.78. The molecule has 0 fully saturated rings. The van der Waals surface area contributed by atoms with E-state index >= 15 is 0 Å². The minimum atomic E-state index is -4.52. The number of methoxy groups -OCH3 is 1. The molecule has 3 amide bonds. The molecule has 0 bridgehead atoms. The Morgan fingerprint density at radius 1 is 0.970 bits per heavy atom. The van der Waals surface area contributed by atoms with Crippen molar-refractivity contribution in [1.29, 1.82) is 0 Å². The molecule has 2 N–H and O–H groups in total. The summed E-state index contributed by atoms with van der Waals surface area (Å²) < 4.78 is 43.3. The number of benzene rings is 2. The molecular formula is C23H26F3N3O4. The minimum Gasteiger partial charge on any atom is -0.385 e. The fourth-order valence-corrected chi connectivity index (χ4v) is 2.89. The summed E-state index contributed by atoms with van der Waals surface area (Å²) >= 11 is 0. The Morgan fingerprint density at radius 2 is 1.61 bits per heavy atom. The summed E-state index contributed by atoms with van der Waals surface area (Å²) in [6.45, 7) is 1.73. The molecule has 0 aromatic heterocycles. The van der Waals surface area contributed by atoms with Crippen LogP contribution in [0.1, 0.15) is 27.9 Å². The topological polar surface area (TPSA) is 87.7 Å². The molecule has 0 spiro atoms. The van der Waals surface area contributed by atoms with Crippen LogP contribution >= 0.6 is 0 Å². The molecule has 0 saturated heterocycles. The van der Waals surface area contributed by atoms with Crippen molar-refractivity contribution in [2.45, 2.75) is 19.5 Å². The van der Waals surface area contributed by atoms with Gasteiger partial charge in [-0.05, 0) is 49.7 Å². The first-order valence-electron chi connectivity index (χ1n) is 10.2. The van der Waals surface area contributed by atoms with Crippen molar-refractivity contribution in [3.8, 4) is 0 Å². The third kappa shape index (κ3) is 8.57. The zero-order chi connectivity index (χ0) is 24.4. The maximum Gasteiger partial charge on any atom is 0.416 e. The number of halogens is 3. The highest BCUT2D eigenvalue weighted by atomic mass is 19.4. The number of alkyl halides is 3. The number of aryl methyl sites for hydroxylation is 1. The molecule has 0 heterocycles. The van der Waals surface area contributed by atoms with Crippen LogP contribution in [0.2, 0.25) is 0 Å². The van der Waals surface area contributed by atoms with E-state index in [1.807, 2.05) is 19.1 Å². The van der Waals surface area contributed by atoms with Gasteiger partial charge in [-0.2, -0.15) is 13.2 Å². The van der Waals surface area contributed by atoms with Gasteiger partial charge in [0.1, 0.15) is 0 Å². The van der Waals surface area contributed by atoms with Crippen LogP contribution in [0.25, 0.3) is 0 Å². The van der Waals surface area contributed by atoms with E-state index in [0.717, 1.165) is 29.8 Å². The molecule has 0 aliphatic rings. The number of hydrogen-bond acceptors (Lipinski definition) is 4. The molecule has 178 valence electrons. The third-order valence-corrected chi connectivity index (χ3v) is 4.64. The number of rotatable bonds is 10. The van der Waals surface area contributed by atoms with Crippen molar-refractivity contribution in [1.82, 2.24) is 10.2 Å². The highest BCUT2D eigenvalue weighted by Gasteiger charge is 2.30. The molecule has 0 unspecified atom stereocenters. The second-order valence-corrected chi connectivity index (χ2v) is 7.34. The standard InChI is InChI=1S/C23H26F3N3O4/c1-16-4-10-19(11-5-16)28-20(30)14-27-21(31)15-29(12-3-13-33-2)22(32)17-6-8-18(9-7-17)23(24,25)26/h4-11H,3,12-15H2,1-2H3,(H,27,31)(H,28,30). The summed E-state index contributed by atoms with van der Waals surface area (Å²) in [5.74, 6) is -1.61. The van der Waals surface area contributed by atoms with Crippen molar-refractivity contribution in [3.63, 3.8) is 0 Å². The fourth-order valence-electron chi connectivity index (χ4n) is 2.89. The van der Waals surface area contributed by atoms with E-state index in [1.54, 1.807) is 12.1 Å². The van der Waals surface area contributed by atoms with Gasteiger partial charge in [-0.3, -0.25) is 14.4 Å². The highest BCUT2D eigenvalue weighted by molar-refractivity contribution is 5.98. The van der Waals surface area contributed by atoms with Gasteiger partial charge >= 0.3 is 6.18 Å². The lowest BCUT2D eigenvalue weighted by atomic mass is 10.1. The van der Waals surface area contributed by atoms with Gasteiger partial charge in [-0.1, -0.05) is 17.7 Å². The molecule has 2 aromatic carbocycles. The Morgan fingerprint density at radius 3 is 2.18 bits per heavy atom. The van der Waals surface area contributed by atoms with Crippen molar-refractivity contribution < 1.29 is 32.3 Å². The maximum absolute atomic E-state index is 12.8. The zero-order valence-corrected chi connectivity index (χ0v) is 18.4. The third-order valence-electron chi connectivity index (χ3n) is 4.64. The van der Waals surface area contributed by atoms with Crippen LogP contribution in [-0.2, 0) is 20.5 Å². The van der Waals surface area contributed by atoms with E-state index < -0.39 is 29.5 Å². The summed E-state index contributed by atoms with van der Waals surface area (Å²) in [6, 6.07) is 10.9. The van der Waals surface area contributed by atoms with Gasteiger partial charge in [0.25, 0.3) is 5.91 Å². The van der Waals surface area contributed by atoms with Gasteiger partial charge in [0, 0.05) is 31.5 Å². The number of nitrogens with zero attached hydrogens (tertiary/aromatic N) is 1. The van der Waals surface area contributed by atoms with Crippen LogP contribution in [0, 0.1) is 6.92 Å². The summed E-state index contributed by atoms with van der Waals surface area (Å²) in [5, 5.41) is 5.09. The molecular weight excluding hydrogens is 439 g/mol. The van der Waals surface area contributed by atoms with Crippen LogP contribution in [0.3, 0.4) is 0 Å². The summed E-state index contributed by atoms with van der Waals surface area (Å²) in [5.41, 5.74) is 0.763. The van der Waals surface area contributed by atoms with E-state index in [0.29, 0.717) is 18.7 Å². The SMILES string of the molecule is COCCCN(CC(=O)NCC(=O)Nc1ccc(C)cc1)C(=O)c1ccc(C(F)(F)F)cc1. The van der Waals surface area contributed by atoms with Crippen LogP contribution in [0.4, 0.5) is 18.9 Å². The number of hydrogen-bond donors (Lipinski definition) is 2. The quantitative estimate of drug-likeness (QED) is 0.528. The smallest absolute Gasteiger partial charge is 0.385 e. The van der Waals surface area contributed by atoms with Crippen molar-refractivity contribution in [2.75, 3.05) is 38.7 Å². The monoisotopic (exact) mass is 465 g/mol. The summed E-state index contributed by atoms with van der Waals surface area (Å²) in [4.78, 5) is 38.4. The van der Waals surface area contributed by atoms with Gasteiger partial charge in [0.05, 0.1) is 18.7 Å². The molecule has 2 aromatic rings. The average molecular weight is 465 g/mol. The largest absolute Gasteiger partial charge is 0.416 e. The fraction of sp³-hybridized carbons (Fsp3) is 0.348. The molecule has 0 aliphatic carbocycles. The Labute approximate surface area is 189 Å². The normalized spacial score (nSPS) is 11.1. The number of ether oxygens (including phenoxy) is 1. The molecule has 0 saturated carbocycles. The van der Waals surface area contributed by atoms with Crippen LogP contribution in [-0.4, -0.2) is 56.0 Å². The van der Waals surface area contributed by atoms with Gasteiger partial charge in [0.2, 0.25) is 11.8 Å². The van der Waals surface area contributed by atoms with E-state index in [-0.39, 0.29) is 25.2 Å². The molecule has 33 heavy (non-hydrogen) atoms. The first-order valence-corrected chi connectivity index (χ1v) is 10.2. The Balaban J connectivity index is 1.96. The van der Waals surface area contributed by atoms with E-state index in [2.05, 4.69) is 10.6 Å². The first kappa shape index (κ1) is 25.9.